The molecule has 152 valence electrons. The van der Waals surface area contributed by atoms with Gasteiger partial charge in [0.25, 0.3) is 0 Å². The Morgan fingerprint density at radius 1 is 0.774 bits per heavy atom. The SMILES string of the molecule is O=C(/C=C/c1ccccc1)N(Cc1cnc2ccccn12)Cc1cnc2ccccn12. The number of carbonyl (C=O) groups is 1. The molecule has 6 heteroatoms. The summed E-state index contributed by atoms with van der Waals surface area (Å²) in [6, 6.07) is 21.6. The van der Waals surface area contributed by atoms with Crippen LogP contribution in [0.25, 0.3) is 17.4 Å². The topological polar surface area (TPSA) is 54.9 Å². The number of hydrogen-bond donors (Lipinski definition) is 0. The predicted molar refractivity (Wildman–Crippen MR) is 120 cm³/mol. The van der Waals surface area contributed by atoms with E-state index in [0.717, 1.165) is 28.2 Å². The van der Waals surface area contributed by atoms with Crippen LogP contribution in [0.3, 0.4) is 0 Å². The number of rotatable bonds is 6. The number of fused-ring (bicyclic) bond motifs is 2. The van der Waals surface area contributed by atoms with Crippen molar-refractivity contribution in [2.75, 3.05) is 0 Å². The zero-order valence-electron chi connectivity index (χ0n) is 16.9. The van der Waals surface area contributed by atoms with Gasteiger partial charge in [-0.25, -0.2) is 9.97 Å². The minimum absolute atomic E-state index is 0.0689. The third kappa shape index (κ3) is 3.96. The Hall–Kier alpha value is -4.19. The number of carbonyl (C=O) groups excluding carboxylic acids is 1. The molecule has 31 heavy (non-hydrogen) atoms. The standard InChI is InChI=1S/C25H21N5O/c31-25(13-12-20-8-2-1-3-9-20)28(18-21-16-26-23-10-4-6-14-29(21)23)19-22-17-27-24-11-5-7-15-30(22)24/h1-17H,18-19H2/b13-12+. The molecule has 0 saturated carbocycles. The summed E-state index contributed by atoms with van der Waals surface area (Å²) in [5.41, 5.74) is 4.61. The summed E-state index contributed by atoms with van der Waals surface area (Å²) < 4.78 is 4.02. The number of benzene rings is 1. The number of imidazole rings is 2. The van der Waals surface area contributed by atoms with E-state index >= 15 is 0 Å². The monoisotopic (exact) mass is 407 g/mol. The van der Waals surface area contributed by atoms with Gasteiger partial charge >= 0.3 is 0 Å². The second-order valence-electron chi connectivity index (χ2n) is 7.30. The van der Waals surface area contributed by atoms with Gasteiger partial charge in [0, 0.05) is 18.5 Å². The molecule has 1 aromatic carbocycles. The van der Waals surface area contributed by atoms with Gasteiger partial charge in [0.15, 0.2) is 0 Å². The van der Waals surface area contributed by atoms with Crippen LogP contribution in [-0.4, -0.2) is 29.6 Å². The number of aromatic nitrogens is 4. The molecule has 0 aliphatic carbocycles. The van der Waals surface area contributed by atoms with Crippen LogP contribution in [0.4, 0.5) is 0 Å². The molecule has 4 aromatic heterocycles. The first kappa shape index (κ1) is 18.8. The molecular weight excluding hydrogens is 386 g/mol. The lowest BCUT2D eigenvalue weighted by Crippen LogP contribution is -2.29. The molecule has 4 heterocycles. The van der Waals surface area contributed by atoms with Crippen molar-refractivity contribution in [3.8, 4) is 0 Å². The van der Waals surface area contributed by atoms with Gasteiger partial charge in [0.05, 0.1) is 36.9 Å². The maximum atomic E-state index is 13.2. The molecule has 1 amide bonds. The number of nitrogens with zero attached hydrogens (tertiary/aromatic N) is 5. The quantitative estimate of drug-likeness (QED) is 0.396. The highest BCUT2D eigenvalue weighted by atomic mass is 16.2. The molecule has 0 N–H and O–H groups in total. The number of amides is 1. The van der Waals surface area contributed by atoms with E-state index in [1.807, 2.05) is 111 Å². The molecule has 0 saturated heterocycles. The summed E-state index contributed by atoms with van der Waals surface area (Å²) in [6.45, 7) is 0.867. The highest BCUT2D eigenvalue weighted by molar-refractivity contribution is 5.91. The molecule has 5 rings (SSSR count). The van der Waals surface area contributed by atoms with Gasteiger partial charge in [-0.15, -0.1) is 0 Å². The van der Waals surface area contributed by atoms with E-state index in [9.17, 15) is 4.79 Å². The summed E-state index contributed by atoms with van der Waals surface area (Å²) in [7, 11) is 0. The normalized spacial score (nSPS) is 11.5. The Labute approximate surface area is 179 Å². The lowest BCUT2D eigenvalue weighted by atomic mass is 10.2. The van der Waals surface area contributed by atoms with Crippen molar-refractivity contribution in [2.24, 2.45) is 0 Å². The molecule has 0 fully saturated rings. The van der Waals surface area contributed by atoms with E-state index in [-0.39, 0.29) is 5.91 Å². The number of pyridine rings is 2. The molecule has 6 nitrogen and oxygen atoms in total. The fraction of sp³-hybridized carbons (Fsp3) is 0.0800. The first-order valence-corrected chi connectivity index (χ1v) is 10.1. The zero-order chi connectivity index (χ0) is 21.0. The molecule has 0 spiro atoms. The van der Waals surface area contributed by atoms with E-state index < -0.39 is 0 Å². The van der Waals surface area contributed by atoms with Crippen molar-refractivity contribution in [2.45, 2.75) is 13.1 Å². The van der Waals surface area contributed by atoms with Crippen LogP contribution in [0.2, 0.25) is 0 Å². The van der Waals surface area contributed by atoms with Crippen LogP contribution in [0.15, 0.2) is 97.6 Å². The summed E-state index contributed by atoms with van der Waals surface area (Å²) in [5.74, 6) is -0.0689. The molecule has 5 aromatic rings. The van der Waals surface area contributed by atoms with E-state index in [1.165, 1.54) is 0 Å². The van der Waals surface area contributed by atoms with Gasteiger partial charge in [0.1, 0.15) is 11.3 Å². The van der Waals surface area contributed by atoms with Gasteiger partial charge in [-0.3, -0.25) is 4.79 Å². The van der Waals surface area contributed by atoms with E-state index in [0.29, 0.717) is 13.1 Å². The lowest BCUT2D eigenvalue weighted by Gasteiger charge is -2.21. The first-order chi connectivity index (χ1) is 15.3. The average molecular weight is 407 g/mol. The van der Waals surface area contributed by atoms with E-state index in [4.69, 9.17) is 0 Å². The van der Waals surface area contributed by atoms with Crippen LogP contribution in [0, 0.1) is 0 Å². The van der Waals surface area contributed by atoms with Crippen LogP contribution < -0.4 is 0 Å². The Balaban J connectivity index is 1.47. The fourth-order valence-corrected chi connectivity index (χ4v) is 3.64. The van der Waals surface area contributed by atoms with Gasteiger partial charge < -0.3 is 13.7 Å². The first-order valence-electron chi connectivity index (χ1n) is 10.1. The zero-order valence-corrected chi connectivity index (χ0v) is 16.9. The molecule has 0 unspecified atom stereocenters. The van der Waals surface area contributed by atoms with Gasteiger partial charge in [-0.2, -0.15) is 0 Å². The van der Waals surface area contributed by atoms with Crippen molar-refractivity contribution in [3.05, 3.63) is 115 Å². The Morgan fingerprint density at radius 3 is 1.90 bits per heavy atom. The average Bonchev–Trinajstić information content (AvgIpc) is 3.42. The van der Waals surface area contributed by atoms with Crippen LogP contribution >= 0.6 is 0 Å². The van der Waals surface area contributed by atoms with Crippen molar-refractivity contribution in [1.82, 2.24) is 23.7 Å². The van der Waals surface area contributed by atoms with E-state index in [1.54, 1.807) is 6.08 Å². The molecule has 0 aliphatic heterocycles. The van der Waals surface area contributed by atoms with Gasteiger partial charge in [0.2, 0.25) is 5.91 Å². The fourth-order valence-electron chi connectivity index (χ4n) is 3.64. The molecule has 0 aliphatic rings. The minimum Gasteiger partial charge on any atom is -0.327 e. The second-order valence-corrected chi connectivity index (χ2v) is 7.30. The van der Waals surface area contributed by atoms with Crippen LogP contribution in [0.1, 0.15) is 17.0 Å². The molecule has 0 bridgehead atoms. The summed E-state index contributed by atoms with van der Waals surface area (Å²) in [6.07, 6.45) is 11.1. The van der Waals surface area contributed by atoms with Gasteiger partial charge in [-0.1, -0.05) is 42.5 Å². The maximum absolute atomic E-state index is 13.2. The summed E-state index contributed by atoms with van der Waals surface area (Å²) in [5, 5.41) is 0. The van der Waals surface area contributed by atoms with Crippen LogP contribution in [0.5, 0.6) is 0 Å². The third-order valence-electron chi connectivity index (χ3n) is 5.22. The molecular formula is C25H21N5O. The Bertz CT molecular complexity index is 1290. The Kier molecular flexibility index (Phi) is 5.02. The van der Waals surface area contributed by atoms with Crippen LogP contribution in [-0.2, 0) is 17.9 Å². The van der Waals surface area contributed by atoms with Crippen molar-refractivity contribution in [3.63, 3.8) is 0 Å². The molecule has 0 radical (unpaired) electrons. The highest BCUT2D eigenvalue weighted by Gasteiger charge is 2.17. The summed E-state index contributed by atoms with van der Waals surface area (Å²) >= 11 is 0. The minimum atomic E-state index is -0.0689. The highest BCUT2D eigenvalue weighted by Crippen LogP contribution is 2.15. The Morgan fingerprint density at radius 2 is 1.32 bits per heavy atom. The lowest BCUT2D eigenvalue weighted by molar-refractivity contribution is -0.127. The maximum Gasteiger partial charge on any atom is 0.247 e. The number of hydrogen-bond acceptors (Lipinski definition) is 3. The third-order valence-corrected chi connectivity index (χ3v) is 5.22. The van der Waals surface area contributed by atoms with Crippen molar-refractivity contribution < 1.29 is 4.79 Å². The largest absolute Gasteiger partial charge is 0.327 e. The summed E-state index contributed by atoms with van der Waals surface area (Å²) in [4.78, 5) is 24.0. The van der Waals surface area contributed by atoms with Gasteiger partial charge in [-0.05, 0) is 35.9 Å². The molecule has 0 atom stereocenters. The van der Waals surface area contributed by atoms with E-state index in [2.05, 4.69) is 9.97 Å². The predicted octanol–water partition coefficient (Wildman–Crippen LogP) is 4.22. The smallest absolute Gasteiger partial charge is 0.247 e. The second kappa shape index (κ2) is 8.28. The van der Waals surface area contributed by atoms with Crippen molar-refractivity contribution >= 4 is 23.3 Å². The van der Waals surface area contributed by atoms with Crippen molar-refractivity contribution in [1.29, 1.82) is 0 Å².